The molecule has 2 rings (SSSR count). The van der Waals surface area contributed by atoms with Crippen LogP contribution in [0.1, 0.15) is 48.9 Å². The summed E-state index contributed by atoms with van der Waals surface area (Å²) in [7, 11) is 2.08. The second-order valence-electron chi connectivity index (χ2n) is 5.05. The standard InChI is InChI=1S/C15H20ClNO/c1-17(12-7-4-2-3-5-8-12)15-10-6-9-14(16)13(15)11-18/h6,9-12H,2-5,7-8H2,1H3. The molecule has 0 N–H and O–H groups in total. The highest BCUT2D eigenvalue weighted by molar-refractivity contribution is 6.33. The van der Waals surface area contributed by atoms with Crippen molar-refractivity contribution in [2.24, 2.45) is 0 Å². The van der Waals surface area contributed by atoms with Crippen molar-refractivity contribution in [1.29, 1.82) is 0 Å². The lowest BCUT2D eigenvalue weighted by molar-refractivity contribution is 0.112. The molecule has 1 aromatic rings. The van der Waals surface area contributed by atoms with Crippen LogP contribution in [0.25, 0.3) is 0 Å². The van der Waals surface area contributed by atoms with Gasteiger partial charge in [0, 0.05) is 18.8 Å². The zero-order valence-corrected chi connectivity index (χ0v) is 11.6. The summed E-state index contributed by atoms with van der Waals surface area (Å²) in [5, 5.41) is 0.544. The number of carbonyl (C=O) groups excluding carboxylic acids is 1. The van der Waals surface area contributed by atoms with Gasteiger partial charge in [0.15, 0.2) is 6.29 Å². The molecule has 0 spiro atoms. The van der Waals surface area contributed by atoms with E-state index in [0.29, 0.717) is 16.6 Å². The largest absolute Gasteiger partial charge is 0.371 e. The van der Waals surface area contributed by atoms with Crippen LogP contribution >= 0.6 is 11.6 Å². The first kappa shape index (κ1) is 13.4. The van der Waals surface area contributed by atoms with Crippen molar-refractivity contribution < 1.29 is 4.79 Å². The minimum absolute atomic E-state index is 0.532. The Hall–Kier alpha value is -1.02. The first-order valence-corrected chi connectivity index (χ1v) is 7.08. The van der Waals surface area contributed by atoms with Crippen LogP contribution in [-0.4, -0.2) is 19.4 Å². The lowest BCUT2D eigenvalue weighted by Crippen LogP contribution is -2.31. The monoisotopic (exact) mass is 265 g/mol. The fourth-order valence-corrected chi connectivity index (χ4v) is 3.01. The average Bonchev–Trinajstić information content (AvgIpc) is 2.66. The number of halogens is 1. The van der Waals surface area contributed by atoms with Crippen LogP contribution in [0.5, 0.6) is 0 Å². The Morgan fingerprint density at radius 3 is 2.50 bits per heavy atom. The summed E-state index contributed by atoms with van der Waals surface area (Å²) in [4.78, 5) is 13.4. The molecule has 0 aromatic heterocycles. The van der Waals surface area contributed by atoms with Crippen LogP contribution in [0.3, 0.4) is 0 Å². The normalized spacial score (nSPS) is 17.2. The van der Waals surface area contributed by atoms with E-state index in [1.807, 2.05) is 12.1 Å². The molecule has 0 bridgehead atoms. The fourth-order valence-electron chi connectivity index (χ4n) is 2.79. The van der Waals surface area contributed by atoms with Crippen molar-refractivity contribution in [2.45, 2.75) is 44.6 Å². The van der Waals surface area contributed by atoms with E-state index in [1.165, 1.54) is 38.5 Å². The molecule has 18 heavy (non-hydrogen) atoms. The van der Waals surface area contributed by atoms with Crippen molar-refractivity contribution in [3.8, 4) is 0 Å². The smallest absolute Gasteiger partial charge is 0.153 e. The molecule has 0 saturated heterocycles. The van der Waals surface area contributed by atoms with E-state index >= 15 is 0 Å². The predicted octanol–water partition coefficient (Wildman–Crippen LogP) is 4.31. The molecule has 1 fully saturated rings. The maximum atomic E-state index is 11.2. The summed E-state index contributed by atoms with van der Waals surface area (Å²) in [6, 6.07) is 6.21. The molecule has 0 aliphatic heterocycles. The Balaban J connectivity index is 2.24. The first-order valence-electron chi connectivity index (χ1n) is 6.70. The van der Waals surface area contributed by atoms with Gasteiger partial charge >= 0.3 is 0 Å². The van der Waals surface area contributed by atoms with Gasteiger partial charge in [-0.25, -0.2) is 0 Å². The summed E-state index contributed by atoms with van der Waals surface area (Å²) in [6.45, 7) is 0. The minimum atomic E-state index is 0.532. The van der Waals surface area contributed by atoms with E-state index in [9.17, 15) is 4.79 Å². The maximum Gasteiger partial charge on any atom is 0.153 e. The van der Waals surface area contributed by atoms with E-state index in [2.05, 4.69) is 11.9 Å². The van der Waals surface area contributed by atoms with E-state index < -0.39 is 0 Å². The van der Waals surface area contributed by atoms with Crippen LogP contribution in [-0.2, 0) is 0 Å². The lowest BCUT2D eigenvalue weighted by Gasteiger charge is -2.30. The van der Waals surface area contributed by atoms with Crippen LogP contribution in [0.2, 0.25) is 5.02 Å². The molecule has 0 unspecified atom stereocenters. The fraction of sp³-hybridized carbons (Fsp3) is 0.533. The number of rotatable bonds is 3. The number of nitrogens with zero attached hydrogens (tertiary/aromatic N) is 1. The van der Waals surface area contributed by atoms with E-state index in [4.69, 9.17) is 11.6 Å². The Kier molecular flexibility index (Phi) is 4.65. The van der Waals surface area contributed by atoms with Gasteiger partial charge < -0.3 is 4.90 Å². The van der Waals surface area contributed by atoms with Gasteiger partial charge in [-0.3, -0.25) is 4.79 Å². The summed E-state index contributed by atoms with van der Waals surface area (Å²) in [6.07, 6.45) is 8.52. The van der Waals surface area contributed by atoms with Gasteiger partial charge in [0.1, 0.15) is 0 Å². The van der Waals surface area contributed by atoms with Crippen LogP contribution in [0.15, 0.2) is 18.2 Å². The van der Waals surface area contributed by atoms with Crippen LogP contribution in [0.4, 0.5) is 5.69 Å². The molecule has 0 atom stereocenters. The van der Waals surface area contributed by atoms with E-state index in [-0.39, 0.29) is 0 Å². The second-order valence-corrected chi connectivity index (χ2v) is 5.45. The van der Waals surface area contributed by atoms with Crippen LogP contribution < -0.4 is 4.90 Å². The third-order valence-electron chi connectivity index (χ3n) is 3.90. The van der Waals surface area contributed by atoms with Gasteiger partial charge in [-0.15, -0.1) is 0 Å². The van der Waals surface area contributed by atoms with E-state index in [1.54, 1.807) is 6.07 Å². The third kappa shape index (κ3) is 2.86. The van der Waals surface area contributed by atoms with Gasteiger partial charge in [-0.1, -0.05) is 43.4 Å². The Labute approximate surface area is 114 Å². The SMILES string of the molecule is CN(c1cccc(Cl)c1C=O)C1CCCCCC1. The van der Waals surface area contributed by atoms with Gasteiger partial charge in [0.25, 0.3) is 0 Å². The molecule has 0 heterocycles. The number of anilines is 1. The number of aldehydes is 1. The maximum absolute atomic E-state index is 11.2. The Morgan fingerprint density at radius 2 is 1.89 bits per heavy atom. The quantitative estimate of drug-likeness (QED) is 0.600. The Bertz CT molecular complexity index is 411. The highest BCUT2D eigenvalue weighted by Gasteiger charge is 2.20. The molecule has 0 radical (unpaired) electrons. The highest BCUT2D eigenvalue weighted by atomic mass is 35.5. The van der Waals surface area contributed by atoms with Gasteiger partial charge in [0.2, 0.25) is 0 Å². The first-order chi connectivity index (χ1) is 8.74. The number of benzene rings is 1. The van der Waals surface area contributed by atoms with Gasteiger partial charge in [0.05, 0.1) is 10.6 Å². The molecule has 0 amide bonds. The Morgan fingerprint density at radius 1 is 1.22 bits per heavy atom. The van der Waals surface area contributed by atoms with Crippen molar-refractivity contribution in [3.05, 3.63) is 28.8 Å². The molecule has 98 valence electrons. The molecule has 1 saturated carbocycles. The van der Waals surface area contributed by atoms with Crippen molar-refractivity contribution >= 4 is 23.6 Å². The highest BCUT2D eigenvalue weighted by Crippen LogP contribution is 2.30. The van der Waals surface area contributed by atoms with Crippen molar-refractivity contribution in [2.75, 3.05) is 11.9 Å². The summed E-state index contributed by atoms with van der Waals surface area (Å²) in [5.74, 6) is 0. The lowest BCUT2D eigenvalue weighted by atomic mass is 10.1. The van der Waals surface area contributed by atoms with Crippen molar-refractivity contribution in [3.63, 3.8) is 0 Å². The second kappa shape index (κ2) is 6.24. The van der Waals surface area contributed by atoms with Crippen LogP contribution in [0, 0.1) is 0 Å². The summed E-state index contributed by atoms with van der Waals surface area (Å²) >= 11 is 6.09. The predicted molar refractivity (Wildman–Crippen MR) is 76.7 cm³/mol. The molecular formula is C15H20ClNO. The molecule has 3 heteroatoms. The number of carbonyl (C=O) groups is 1. The third-order valence-corrected chi connectivity index (χ3v) is 4.23. The topological polar surface area (TPSA) is 20.3 Å². The number of hydrogen-bond donors (Lipinski definition) is 0. The molecule has 2 nitrogen and oxygen atoms in total. The number of hydrogen-bond acceptors (Lipinski definition) is 2. The molecule has 1 aliphatic rings. The molecule has 1 aromatic carbocycles. The van der Waals surface area contributed by atoms with Gasteiger partial charge in [-0.2, -0.15) is 0 Å². The van der Waals surface area contributed by atoms with E-state index in [0.717, 1.165) is 12.0 Å². The van der Waals surface area contributed by atoms with Crippen molar-refractivity contribution in [1.82, 2.24) is 0 Å². The summed E-state index contributed by atoms with van der Waals surface area (Å²) in [5.41, 5.74) is 1.58. The van der Waals surface area contributed by atoms with Gasteiger partial charge in [-0.05, 0) is 25.0 Å². The zero-order chi connectivity index (χ0) is 13.0. The minimum Gasteiger partial charge on any atom is -0.371 e. The average molecular weight is 266 g/mol. The zero-order valence-electron chi connectivity index (χ0n) is 10.9. The molecular weight excluding hydrogens is 246 g/mol. The molecule has 1 aliphatic carbocycles. The summed E-state index contributed by atoms with van der Waals surface area (Å²) < 4.78 is 0.